The predicted octanol–water partition coefficient (Wildman–Crippen LogP) is 0.221. The summed E-state index contributed by atoms with van der Waals surface area (Å²) < 4.78 is 1.45. The number of hydrogen-bond acceptors (Lipinski definition) is 4. The van der Waals surface area contributed by atoms with E-state index >= 15 is 0 Å². The predicted molar refractivity (Wildman–Crippen MR) is 72.3 cm³/mol. The van der Waals surface area contributed by atoms with Crippen molar-refractivity contribution in [3.63, 3.8) is 0 Å². The molecule has 0 aliphatic carbocycles. The van der Waals surface area contributed by atoms with Crippen LogP contribution in [-0.2, 0) is 11.3 Å². The maximum atomic E-state index is 12.1. The second-order valence-corrected chi connectivity index (χ2v) is 4.36. The standard InChI is InChI=1S/C12H16N6O2/c1-7-11(8(2)17-16-7)12(20)15-9-4-14-18(5-9)6-10(19)13-3/h4-5H,6H2,1-3H3,(H,13,19)(H,15,20)(H,16,17). The van der Waals surface area contributed by atoms with Crippen LogP contribution in [0.5, 0.6) is 0 Å². The summed E-state index contributed by atoms with van der Waals surface area (Å²) in [7, 11) is 1.55. The Morgan fingerprint density at radius 2 is 2.15 bits per heavy atom. The Kier molecular flexibility index (Phi) is 3.83. The number of aryl methyl sites for hydroxylation is 2. The van der Waals surface area contributed by atoms with E-state index in [1.54, 1.807) is 27.1 Å². The summed E-state index contributed by atoms with van der Waals surface area (Å²) in [6.45, 7) is 3.65. The lowest BCUT2D eigenvalue weighted by molar-refractivity contribution is -0.121. The number of hydrogen-bond donors (Lipinski definition) is 3. The largest absolute Gasteiger partial charge is 0.358 e. The first-order valence-corrected chi connectivity index (χ1v) is 6.07. The molecule has 0 spiro atoms. The molecule has 0 aromatic carbocycles. The molecule has 0 aliphatic heterocycles. The van der Waals surface area contributed by atoms with Gasteiger partial charge < -0.3 is 10.6 Å². The highest BCUT2D eigenvalue weighted by Gasteiger charge is 2.16. The summed E-state index contributed by atoms with van der Waals surface area (Å²) in [6, 6.07) is 0. The average molecular weight is 276 g/mol. The smallest absolute Gasteiger partial charge is 0.259 e. The molecule has 2 rings (SSSR count). The Morgan fingerprint density at radius 1 is 1.40 bits per heavy atom. The molecule has 106 valence electrons. The van der Waals surface area contributed by atoms with E-state index in [0.29, 0.717) is 22.6 Å². The van der Waals surface area contributed by atoms with Crippen molar-refractivity contribution in [2.24, 2.45) is 0 Å². The third kappa shape index (κ3) is 2.85. The molecule has 3 N–H and O–H groups in total. The molecule has 20 heavy (non-hydrogen) atoms. The zero-order chi connectivity index (χ0) is 14.7. The number of likely N-dealkylation sites (N-methyl/N-ethyl adjacent to an activating group) is 1. The molecule has 0 saturated carbocycles. The highest BCUT2D eigenvalue weighted by molar-refractivity contribution is 6.05. The van der Waals surface area contributed by atoms with Crippen molar-refractivity contribution in [1.82, 2.24) is 25.3 Å². The lowest BCUT2D eigenvalue weighted by Crippen LogP contribution is -2.23. The lowest BCUT2D eigenvalue weighted by Gasteiger charge is -2.02. The molecule has 0 atom stereocenters. The maximum absolute atomic E-state index is 12.1. The van der Waals surface area contributed by atoms with Gasteiger partial charge in [-0.05, 0) is 13.8 Å². The topological polar surface area (TPSA) is 105 Å². The van der Waals surface area contributed by atoms with Crippen molar-refractivity contribution in [2.75, 3.05) is 12.4 Å². The Hall–Kier alpha value is -2.64. The summed E-state index contributed by atoms with van der Waals surface area (Å²) in [5.41, 5.74) is 2.39. The molecule has 0 fully saturated rings. The van der Waals surface area contributed by atoms with Crippen LogP contribution >= 0.6 is 0 Å². The van der Waals surface area contributed by atoms with Gasteiger partial charge in [0.15, 0.2) is 0 Å². The second kappa shape index (κ2) is 5.55. The Labute approximate surface area is 115 Å². The molecule has 2 amide bonds. The van der Waals surface area contributed by atoms with Crippen LogP contribution in [0.15, 0.2) is 12.4 Å². The second-order valence-electron chi connectivity index (χ2n) is 4.36. The van der Waals surface area contributed by atoms with Crippen LogP contribution in [0.3, 0.4) is 0 Å². The van der Waals surface area contributed by atoms with Crippen molar-refractivity contribution in [3.8, 4) is 0 Å². The van der Waals surface area contributed by atoms with Gasteiger partial charge >= 0.3 is 0 Å². The first-order chi connectivity index (χ1) is 9.51. The van der Waals surface area contributed by atoms with Gasteiger partial charge in [-0.2, -0.15) is 10.2 Å². The van der Waals surface area contributed by atoms with Crippen molar-refractivity contribution < 1.29 is 9.59 Å². The molecule has 0 radical (unpaired) electrons. The quantitative estimate of drug-likeness (QED) is 0.743. The van der Waals surface area contributed by atoms with E-state index in [0.717, 1.165) is 0 Å². The molecule has 2 aromatic rings. The molecule has 0 aliphatic rings. The van der Waals surface area contributed by atoms with Crippen molar-refractivity contribution in [2.45, 2.75) is 20.4 Å². The van der Waals surface area contributed by atoms with E-state index in [4.69, 9.17) is 0 Å². The van der Waals surface area contributed by atoms with Crippen LogP contribution < -0.4 is 10.6 Å². The van der Waals surface area contributed by atoms with Crippen molar-refractivity contribution >= 4 is 17.5 Å². The molecule has 2 heterocycles. The van der Waals surface area contributed by atoms with Crippen LogP contribution in [0.1, 0.15) is 21.7 Å². The molecular weight excluding hydrogens is 260 g/mol. The lowest BCUT2D eigenvalue weighted by atomic mass is 10.2. The van der Waals surface area contributed by atoms with Crippen LogP contribution in [0.25, 0.3) is 0 Å². The summed E-state index contributed by atoms with van der Waals surface area (Å²) in [6.07, 6.45) is 3.09. The minimum atomic E-state index is -0.256. The summed E-state index contributed by atoms with van der Waals surface area (Å²) in [4.78, 5) is 23.3. The number of aromatic amines is 1. The minimum absolute atomic E-state index is 0.107. The van der Waals surface area contributed by atoms with E-state index in [2.05, 4.69) is 25.9 Å². The summed E-state index contributed by atoms with van der Waals surface area (Å²) in [5.74, 6) is -0.416. The monoisotopic (exact) mass is 276 g/mol. The highest BCUT2D eigenvalue weighted by atomic mass is 16.2. The maximum Gasteiger partial charge on any atom is 0.259 e. The van der Waals surface area contributed by atoms with Gasteiger partial charge in [-0.25, -0.2) is 0 Å². The van der Waals surface area contributed by atoms with Crippen molar-refractivity contribution in [3.05, 3.63) is 29.3 Å². The molecule has 8 nitrogen and oxygen atoms in total. The van der Waals surface area contributed by atoms with Gasteiger partial charge in [-0.3, -0.25) is 19.4 Å². The normalized spacial score (nSPS) is 10.3. The first-order valence-electron chi connectivity index (χ1n) is 6.07. The van der Waals surface area contributed by atoms with Gasteiger partial charge in [-0.1, -0.05) is 0 Å². The number of anilines is 1. The van der Waals surface area contributed by atoms with Crippen molar-refractivity contribution in [1.29, 1.82) is 0 Å². The summed E-state index contributed by atoms with van der Waals surface area (Å²) >= 11 is 0. The van der Waals surface area contributed by atoms with Gasteiger partial charge in [0.1, 0.15) is 6.54 Å². The van der Waals surface area contributed by atoms with E-state index < -0.39 is 0 Å². The SMILES string of the molecule is CNC(=O)Cn1cc(NC(=O)c2c(C)n[nH]c2C)cn1. The van der Waals surface area contributed by atoms with Crippen LogP contribution in [-0.4, -0.2) is 38.8 Å². The van der Waals surface area contributed by atoms with Gasteiger partial charge in [0.05, 0.1) is 23.1 Å². The number of amides is 2. The van der Waals surface area contributed by atoms with E-state index in [1.165, 1.54) is 10.9 Å². The Bertz CT molecular complexity index is 623. The Balaban J connectivity index is 2.07. The molecule has 8 heteroatoms. The molecule has 0 unspecified atom stereocenters. The zero-order valence-corrected chi connectivity index (χ0v) is 11.5. The van der Waals surface area contributed by atoms with Gasteiger partial charge in [0, 0.05) is 18.9 Å². The number of aromatic nitrogens is 4. The minimum Gasteiger partial charge on any atom is -0.358 e. The fourth-order valence-corrected chi connectivity index (χ4v) is 1.82. The first kappa shape index (κ1) is 13.8. The fraction of sp³-hybridized carbons (Fsp3) is 0.333. The number of nitrogens with zero attached hydrogens (tertiary/aromatic N) is 3. The van der Waals surface area contributed by atoms with Gasteiger partial charge in [0.25, 0.3) is 5.91 Å². The van der Waals surface area contributed by atoms with Crippen LogP contribution in [0.4, 0.5) is 5.69 Å². The molecule has 0 saturated heterocycles. The highest BCUT2D eigenvalue weighted by Crippen LogP contribution is 2.13. The number of carbonyl (C=O) groups excluding carboxylic acids is 2. The van der Waals surface area contributed by atoms with Gasteiger partial charge in [-0.15, -0.1) is 0 Å². The number of H-pyrrole nitrogens is 1. The average Bonchev–Trinajstić information content (AvgIpc) is 2.96. The van der Waals surface area contributed by atoms with Crippen LogP contribution in [0.2, 0.25) is 0 Å². The zero-order valence-electron chi connectivity index (χ0n) is 11.5. The van der Waals surface area contributed by atoms with E-state index in [1.807, 2.05) is 0 Å². The van der Waals surface area contributed by atoms with E-state index in [-0.39, 0.29) is 18.4 Å². The molecular formula is C12H16N6O2. The fourth-order valence-electron chi connectivity index (χ4n) is 1.82. The van der Waals surface area contributed by atoms with E-state index in [9.17, 15) is 9.59 Å². The Morgan fingerprint density at radius 3 is 2.75 bits per heavy atom. The number of nitrogens with one attached hydrogen (secondary N) is 3. The third-order valence-electron chi connectivity index (χ3n) is 2.83. The van der Waals surface area contributed by atoms with Crippen LogP contribution in [0, 0.1) is 13.8 Å². The summed E-state index contributed by atoms with van der Waals surface area (Å²) in [5, 5.41) is 16.0. The molecule has 0 bridgehead atoms. The van der Waals surface area contributed by atoms with Gasteiger partial charge in [0.2, 0.25) is 5.91 Å². The number of carbonyl (C=O) groups is 2. The molecule has 2 aromatic heterocycles. The number of rotatable bonds is 4. The third-order valence-corrected chi connectivity index (χ3v) is 2.83.